The smallest absolute Gasteiger partial charge is 0.261 e. The number of aliphatic hydroxyl groups is 2. The van der Waals surface area contributed by atoms with Crippen LogP contribution in [0, 0.1) is 0 Å². The van der Waals surface area contributed by atoms with E-state index in [9.17, 15) is 29.4 Å². The molecule has 0 aliphatic heterocycles. The van der Waals surface area contributed by atoms with Crippen LogP contribution in [0.15, 0.2) is 31.3 Å². The molecule has 0 spiro atoms. The van der Waals surface area contributed by atoms with E-state index in [2.05, 4.69) is 0 Å². The summed E-state index contributed by atoms with van der Waals surface area (Å²) in [5.74, 6) is 0. The van der Waals surface area contributed by atoms with Crippen LogP contribution in [0.1, 0.15) is 39.8 Å². The summed E-state index contributed by atoms with van der Waals surface area (Å²) >= 11 is 0. The summed E-state index contributed by atoms with van der Waals surface area (Å²) in [6.07, 6.45) is -1.84. The lowest BCUT2D eigenvalue weighted by Gasteiger charge is -2.14. The molecule has 0 aliphatic carbocycles. The fourth-order valence-corrected chi connectivity index (χ4v) is 3.18. The van der Waals surface area contributed by atoms with Gasteiger partial charge in [-0.25, -0.2) is 0 Å². The van der Waals surface area contributed by atoms with E-state index in [1.165, 1.54) is 26.0 Å². The first-order valence-corrected chi connectivity index (χ1v) is 8.37. The van der Waals surface area contributed by atoms with Gasteiger partial charge < -0.3 is 10.2 Å². The Morgan fingerprint density at radius 3 is 1.04 bits per heavy atom. The maximum absolute atomic E-state index is 12.6. The topological polar surface area (TPSA) is 119 Å². The molecule has 26 heavy (non-hydrogen) atoms. The van der Waals surface area contributed by atoms with E-state index >= 15 is 0 Å². The van der Waals surface area contributed by atoms with Crippen LogP contribution in [-0.4, -0.2) is 31.6 Å². The van der Waals surface area contributed by atoms with Gasteiger partial charge in [0.05, 0.1) is 45.8 Å². The number of hydrogen-bond donors (Lipinski definition) is 2. The molecule has 0 fully saturated rings. The van der Waals surface area contributed by atoms with Crippen molar-refractivity contribution in [2.45, 2.75) is 52.0 Å². The third-order valence-electron chi connectivity index (χ3n) is 5.17. The van der Waals surface area contributed by atoms with Gasteiger partial charge in [-0.15, -0.1) is 0 Å². The van der Waals surface area contributed by atoms with Crippen molar-refractivity contribution in [3.05, 3.63) is 53.5 Å². The van der Waals surface area contributed by atoms with Gasteiger partial charge in [0.1, 0.15) is 0 Å². The lowest BCUT2D eigenvalue weighted by Crippen LogP contribution is -2.34. The highest BCUT2D eigenvalue weighted by Gasteiger charge is 2.25. The molecule has 0 amide bonds. The molecule has 4 atom stereocenters. The third-order valence-corrected chi connectivity index (χ3v) is 5.17. The molecule has 138 valence electrons. The maximum Gasteiger partial charge on any atom is 0.261 e. The molecule has 1 aromatic carbocycles. The average molecular weight is 360 g/mol. The van der Waals surface area contributed by atoms with E-state index in [-0.39, 0.29) is 21.5 Å². The Morgan fingerprint density at radius 1 is 0.615 bits per heavy atom. The van der Waals surface area contributed by atoms with Gasteiger partial charge >= 0.3 is 0 Å². The van der Waals surface area contributed by atoms with Crippen LogP contribution in [0.2, 0.25) is 0 Å². The van der Waals surface area contributed by atoms with Crippen molar-refractivity contribution in [2.24, 2.45) is 0 Å². The highest BCUT2D eigenvalue weighted by Crippen LogP contribution is 2.18. The molecule has 0 saturated heterocycles. The van der Waals surface area contributed by atoms with Crippen LogP contribution in [0.3, 0.4) is 0 Å². The largest absolute Gasteiger partial charge is 0.391 e. The van der Waals surface area contributed by atoms with Crippen molar-refractivity contribution in [1.29, 1.82) is 0 Å². The predicted octanol–water partition coefficient (Wildman–Crippen LogP) is -0.204. The van der Waals surface area contributed by atoms with E-state index in [1.54, 1.807) is 13.8 Å². The maximum atomic E-state index is 12.6. The minimum Gasteiger partial charge on any atom is -0.391 e. The van der Waals surface area contributed by atoms with Crippen molar-refractivity contribution in [1.82, 2.24) is 9.13 Å². The van der Waals surface area contributed by atoms with Gasteiger partial charge in [0.15, 0.2) is 0 Å². The van der Waals surface area contributed by atoms with Gasteiger partial charge in [-0.1, -0.05) is 0 Å². The molecule has 0 saturated carbocycles. The zero-order valence-corrected chi connectivity index (χ0v) is 14.9. The molecule has 4 unspecified atom stereocenters. The molecule has 0 aliphatic rings. The molecule has 2 aromatic heterocycles. The van der Waals surface area contributed by atoms with Gasteiger partial charge in [0.25, 0.3) is 22.2 Å². The second-order valence-electron chi connectivity index (χ2n) is 6.87. The molecule has 2 heterocycles. The number of aliphatic hydroxyl groups excluding tert-OH is 2. The predicted molar refractivity (Wildman–Crippen MR) is 97.7 cm³/mol. The first-order chi connectivity index (χ1) is 12.1. The van der Waals surface area contributed by atoms with E-state index in [0.29, 0.717) is 0 Å². The van der Waals surface area contributed by atoms with Crippen LogP contribution in [-0.2, 0) is 0 Å². The summed E-state index contributed by atoms with van der Waals surface area (Å²) in [5, 5.41) is 19.6. The minimum absolute atomic E-state index is 0.0361. The van der Waals surface area contributed by atoms with Crippen LogP contribution in [0.5, 0.6) is 0 Å². The molecule has 0 radical (unpaired) electrons. The number of hydrogen-bond acceptors (Lipinski definition) is 6. The molecule has 0 bridgehead atoms. The lowest BCUT2D eigenvalue weighted by molar-refractivity contribution is 0.136. The summed E-state index contributed by atoms with van der Waals surface area (Å²) in [6, 6.07) is 1.04. The quantitative estimate of drug-likeness (QED) is 0.665. The molecule has 8 nitrogen and oxygen atoms in total. The summed E-state index contributed by atoms with van der Waals surface area (Å²) in [7, 11) is 0. The standard InChI is InChI=1S/C18H20N2O6/c1-7(9(3)21)19-15(23)11-5-13-14(6-12(11)16(19)24)18(26)20(17(13)25)8(2)10(4)22/h5-10,21-22H,1-4H3. The van der Waals surface area contributed by atoms with Crippen LogP contribution < -0.4 is 22.2 Å². The van der Waals surface area contributed by atoms with Gasteiger partial charge in [-0.3, -0.25) is 28.3 Å². The van der Waals surface area contributed by atoms with E-state index < -0.39 is 46.5 Å². The summed E-state index contributed by atoms with van der Waals surface area (Å²) in [4.78, 5) is 50.4. The highest BCUT2D eigenvalue weighted by atomic mass is 16.3. The molecule has 3 aromatic rings. The fraction of sp³-hybridized carbons (Fsp3) is 0.444. The molecular weight excluding hydrogens is 340 g/mol. The molecule has 3 rings (SSSR count). The van der Waals surface area contributed by atoms with Gasteiger partial charge in [0, 0.05) is 0 Å². The second kappa shape index (κ2) is 6.00. The first kappa shape index (κ1) is 18.2. The van der Waals surface area contributed by atoms with Gasteiger partial charge in [-0.2, -0.15) is 0 Å². The molecule has 8 heteroatoms. The minimum atomic E-state index is -0.922. The van der Waals surface area contributed by atoms with E-state index in [4.69, 9.17) is 0 Å². The fourth-order valence-electron chi connectivity index (χ4n) is 3.18. The van der Waals surface area contributed by atoms with Crippen molar-refractivity contribution in [3.63, 3.8) is 0 Å². The Morgan fingerprint density at radius 2 is 0.846 bits per heavy atom. The van der Waals surface area contributed by atoms with Crippen LogP contribution in [0.4, 0.5) is 0 Å². The monoisotopic (exact) mass is 360 g/mol. The van der Waals surface area contributed by atoms with Gasteiger partial charge in [0.2, 0.25) is 0 Å². The van der Waals surface area contributed by atoms with E-state index in [1.807, 2.05) is 0 Å². The lowest BCUT2D eigenvalue weighted by atomic mass is 10.1. The van der Waals surface area contributed by atoms with Crippen LogP contribution >= 0.6 is 0 Å². The Hall–Kier alpha value is -2.58. The number of benzene rings is 1. The second-order valence-corrected chi connectivity index (χ2v) is 6.87. The van der Waals surface area contributed by atoms with Crippen molar-refractivity contribution in [2.75, 3.05) is 0 Å². The normalized spacial score (nSPS) is 16.8. The zero-order chi connectivity index (χ0) is 19.5. The highest BCUT2D eigenvalue weighted by molar-refractivity contribution is 5.97. The van der Waals surface area contributed by atoms with Crippen molar-refractivity contribution >= 4 is 21.5 Å². The Labute approximate surface area is 147 Å². The summed E-state index contributed by atoms with van der Waals surface area (Å²) in [6.45, 7) is 6.03. The SMILES string of the molecule is CC(O)C(C)n1c(=O)c2cc3c(=O)n(C(C)C(C)O)c(=O)c3cc2c1=O. The number of nitrogens with zero attached hydrogens (tertiary/aromatic N) is 2. The zero-order valence-electron chi connectivity index (χ0n) is 14.9. The van der Waals surface area contributed by atoms with Crippen molar-refractivity contribution in [3.8, 4) is 0 Å². The number of fused-ring (bicyclic) bond motifs is 2. The number of rotatable bonds is 4. The number of aromatic nitrogens is 2. The Bertz CT molecular complexity index is 1040. The van der Waals surface area contributed by atoms with E-state index in [0.717, 1.165) is 9.13 Å². The molecule has 2 N–H and O–H groups in total. The summed E-state index contributed by atoms with van der Waals surface area (Å²) in [5.41, 5.74) is -2.43. The first-order valence-electron chi connectivity index (χ1n) is 8.37. The summed E-state index contributed by atoms with van der Waals surface area (Å²) < 4.78 is 1.88. The van der Waals surface area contributed by atoms with Crippen molar-refractivity contribution < 1.29 is 10.2 Å². The molecular formula is C18H20N2O6. The van der Waals surface area contributed by atoms with Crippen LogP contribution in [0.25, 0.3) is 21.5 Å². The third kappa shape index (κ3) is 2.37. The Kier molecular flexibility index (Phi) is 4.20. The Balaban J connectivity index is 2.43. The van der Waals surface area contributed by atoms with Gasteiger partial charge in [-0.05, 0) is 39.8 Å². The average Bonchev–Trinajstić information content (AvgIpc) is 2.97.